The van der Waals surface area contributed by atoms with Gasteiger partial charge in [0.25, 0.3) is 0 Å². The van der Waals surface area contributed by atoms with Gasteiger partial charge in [-0.25, -0.2) is 0 Å². The Balaban J connectivity index is 1.10. The molecule has 0 saturated heterocycles. The van der Waals surface area contributed by atoms with Crippen LogP contribution in [0.5, 0.6) is 0 Å². The number of hydrogen-bond acceptors (Lipinski definition) is 2. The van der Waals surface area contributed by atoms with E-state index in [1.807, 2.05) is 11.8 Å². The molecule has 0 amide bonds. The third kappa shape index (κ3) is 5.64. The summed E-state index contributed by atoms with van der Waals surface area (Å²) in [6.07, 6.45) is 0. The second kappa shape index (κ2) is 14.4. The highest BCUT2D eigenvalue weighted by molar-refractivity contribution is 7.99. The Morgan fingerprint density at radius 2 is 0.852 bits per heavy atom. The number of anilines is 3. The number of hydrogen-bond donors (Lipinski definition) is 0. The molecule has 61 heavy (non-hydrogen) atoms. The molecule has 286 valence electrons. The maximum absolute atomic E-state index is 2.45. The molecule has 2 aliphatic rings. The highest BCUT2D eigenvalue weighted by Crippen LogP contribution is 2.63. The van der Waals surface area contributed by atoms with Gasteiger partial charge in [-0.1, -0.05) is 200 Å². The van der Waals surface area contributed by atoms with Crippen molar-refractivity contribution in [3.63, 3.8) is 0 Å². The zero-order chi connectivity index (χ0) is 40.3. The summed E-state index contributed by atoms with van der Waals surface area (Å²) in [5, 5.41) is 2.49. The summed E-state index contributed by atoms with van der Waals surface area (Å²) >= 11 is 1.90. The van der Waals surface area contributed by atoms with E-state index in [1.54, 1.807) is 0 Å². The molecule has 0 atom stereocenters. The quantitative estimate of drug-likeness (QED) is 0.165. The third-order valence-corrected chi connectivity index (χ3v) is 13.9. The van der Waals surface area contributed by atoms with E-state index in [0.29, 0.717) is 0 Å². The smallest absolute Gasteiger partial charge is 0.0741 e. The van der Waals surface area contributed by atoms with Gasteiger partial charge in [0.05, 0.1) is 11.1 Å². The summed E-state index contributed by atoms with van der Waals surface area (Å²) < 4.78 is 0. The fourth-order valence-corrected chi connectivity index (χ4v) is 11.3. The maximum Gasteiger partial charge on any atom is 0.0741 e. The van der Waals surface area contributed by atoms with Gasteiger partial charge in [0, 0.05) is 26.7 Å². The first-order chi connectivity index (χ1) is 30.3. The van der Waals surface area contributed by atoms with E-state index in [-0.39, 0.29) is 0 Å². The van der Waals surface area contributed by atoms with Crippen LogP contribution < -0.4 is 4.90 Å². The number of fused-ring (bicyclic) bond motifs is 11. The Bertz CT molecular complexity index is 3220. The van der Waals surface area contributed by atoms with E-state index < -0.39 is 5.41 Å². The van der Waals surface area contributed by atoms with Crippen molar-refractivity contribution >= 4 is 39.6 Å². The molecule has 0 fully saturated rings. The highest BCUT2D eigenvalue weighted by Gasteiger charge is 2.50. The molecule has 1 aliphatic carbocycles. The van der Waals surface area contributed by atoms with Gasteiger partial charge < -0.3 is 4.90 Å². The topological polar surface area (TPSA) is 3.24 Å². The van der Waals surface area contributed by atoms with E-state index in [1.165, 1.54) is 87.3 Å². The molecule has 0 aromatic heterocycles. The molecule has 0 radical (unpaired) electrons. The monoisotopic (exact) mass is 793 g/mol. The van der Waals surface area contributed by atoms with E-state index in [2.05, 4.69) is 241 Å². The molecule has 1 spiro atoms. The SMILES string of the molecule is c1ccc(-c2ccc(N(c3ccc4c5c(ccc4c3)Sc3ccccc3C53c4ccccc4-c4ccccc43)c3ccc(-c4ccccc4)cc3-c3ccccc3)cc2)cc1. The molecule has 0 saturated carbocycles. The standard InChI is InChI=1S/C59H39NS/c1-4-16-40(17-5-1)42-28-32-46(33-29-42)60(55-36-30-44(41-18-6-2-7-19-41)39-51(55)43-20-8-3-9-21-43)47-34-35-48-45(38-47)31-37-57-58(48)59(54-26-14-15-27-56(54)61-57)52-24-12-10-22-49(52)50-23-11-13-25-53(50)59/h1-39H. The first-order valence-corrected chi connectivity index (χ1v) is 21.8. The highest BCUT2D eigenvalue weighted by atomic mass is 32.2. The van der Waals surface area contributed by atoms with Crippen LogP contribution >= 0.6 is 11.8 Å². The van der Waals surface area contributed by atoms with Crippen LogP contribution in [0.2, 0.25) is 0 Å². The molecule has 10 aromatic rings. The Hall–Kier alpha value is -7.39. The normalized spacial score (nSPS) is 13.0. The van der Waals surface area contributed by atoms with Crippen molar-refractivity contribution < 1.29 is 0 Å². The molecule has 1 nitrogen and oxygen atoms in total. The fraction of sp³-hybridized carbons (Fsp3) is 0.0169. The van der Waals surface area contributed by atoms with Gasteiger partial charge in [-0.15, -0.1) is 0 Å². The first kappa shape index (κ1) is 35.5. The van der Waals surface area contributed by atoms with Gasteiger partial charge >= 0.3 is 0 Å². The van der Waals surface area contributed by atoms with Crippen molar-refractivity contribution in [3.8, 4) is 44.5 Å². The molecule has 1 aliphatic heterocycles. The van der Waals surface area contributed by atoms with Crippen molar-refractivity contribution in [1.82, 2.24) is 0 Å². The van der Waals surface area contributed by atoms with Gasteiger partial charge in [-0.05, 0) is 121 Å². The second-order valence-electron chi connectivity index (χ2n) is 16.0. The van der Waals surface area contributed by atoms with Gasteiger partial charge in [0.15, 0.2) is 0 Å². The van der Waals surface area contributed by atoms with Gasteiger partial charge in [-0.2, -0.15) is 0 Å². The van der Waals surface area contributed by atoms with Gasteiger partial charge in [-0.3, -0.25) is 0 Å². The largest absolute Gasteiger partial charge is 0.310 e. The number of nitrogens with zero attached hydrogens (tertiary/aromatic N) is 1. The Kier molecular flexibility index (Phi) is 8.40. The molecule has 1 heterocycles. The molecule has 2 heteroatoms. The Morgan fingerprint density at radius 1 is 0.328 bits per heavy atom. The summed E-state index contributed by atoms with van der Waals surface area (Å²) in [6.45, 7) is 0. The van der Waals surface area contributed by atoms with Crippen LogP contribution in [0.3, 0.4) is 0 Å². The zero-order valence-electron chi connectivity index (χ0n) is 33.4. The van der Waals surface area contributed by atoms with Crippen LogP contribution in [0.15, 0.2) is 246 Å². The minimum Gasteiger partial charge on any atom is -0.310 e. The van der Waals surface area contributed by atoms with Crippen molar-refractivity contribution in [3.05, 3.63) is 259 Å². The summed E-state index contributed by atoms with van der Waals surface area (Å²) in [4.78, 5) is 5.07. The van der Waals surface area contributed by atoms with Crippen molar-refractivity contribution in [2.75, 3.05) is 4.90 Å². The first-order valence-electron chi connectivity index (χ1n) is 21.0. The van der Waals surface area contributed by atoms with E-state index in [4.69, 9.17) is 0 Å². The number of rotatable bonds is 6. The summed E-state index contributed by atoms with van der Waals surface area (Å²) in [7, 11) is 0. The third-order valence-electron chi connectivity index (χ3n) is 12.7. The lowest BCUT2D eigenvalue weighted by atomic mass is 9.66. The Morgan fingerprint density at radius 3 is 1.52 bits per heavy atom. The molecule has 0 unspecified atom stereocenters. The maximum atomic E-state index is 2.45. The minimum absolute atomic E-state index is 0.452. The van der Waals surface area contributed by atoms with E-state index in [0.717, 1.165) is 17.1 Å². The summed E-state index contributed by atoms with van der Waals surface area (Å²) in [6, 6.07) is 87.2. The molecule has 0 N–H and O–H groups in total. The predicted molar refractivity (Wildman–Crippen MR) is 256 cm³/mol. The molecule has 0 bridgehead atoms. The average molecular weight is 794 g/mol. The fourth-order valence-electron chi connectivity index (χ4n) is 10.1. The second-order valence-corrected chi connectivity index (χ2v) is 17.1. The van der Waals surface area contributed by atoms with Crippen LogP contribution in [-0.2, 0) is 5.41 Å². The van der Waals surface area contributed by atoms with Gasteiger partial charge in [0.1, 0.15) is 0 Å². The molecule has 10 aromatic carbocycles. The summed E-state index contributed by atoms with van der Waals surface area (Å²) in [5.41, 5.74) is 18.1. The van der Waals surface area contributed by atoms with Crippen LogP contribution in [0.25, 0.3) is 55.3 Å². The Labute approximate surface area is 361 Å². The lowest BCUT2D eigenvalue weighted by molar-refractivity contribution is 0.730. The molecular weight excluding hydrogens is 755 g/mol. The lowest BCUT2D eigenvalue weighted by Gasteiger charge is -2.40. The van der Waals surface area contributed by atoms with Crippen LogP contribution in [0.1, 0.15) is 22.3 Å². The number of benzene rings is 10. The molecular formula is C59H39NS. The van der Waals surface area contributed by atoms with Crippen molar-refractivity contribution in [2.45, 2.75) is 15.2 Å². The minimum atomic E-state index is -0.452. The average Bonchev–Trinajstić information content (AvgIpc) is 3.63. The summed E-state index contributed by atoms with van der Waals surface area (Å²) in [5.74, 6) is 0. The van der Waals surface area contributed by atoms with Gasteiger partial charge in [0.2, 0.25) is 0 Å². The van der Waals surface area contributed by atoms with Crippen LogP contribution in [-0.4, -0.2) is 0 Å². The van der Waals surface area contributed by atoms with Crippen LogP contribution in [0, 0.1) is 0 Å². The van der Waals surface area contributed by atoms with E-state index in [9.17, 15) is 0 Å². The van der Waals surface area contributed by atoms with Crippen LogP contribution in [0.4, 0.5) is 17.1 Å². The predicted octanol–water partition coefficient (Wildman–Crippen LogP) is 16.1. The van der Waals surface area contributed by atoms with E-state index >= 15 is 0 Å². The van der Waals surface area contributed by atoms with Crippen molar-refractivity contribution in [2.24, 2.45) is 0 Å². The zero-order valence-corrected chi connectivity index (χ0v) is 34.2. The molecule has 12 rings (SSSR count). The lowest BCUT2D eigenvalue weighted by Crippen LogP contribution is -2.32. The van der Waals surface area contributed by atoms with Crippen molar-refractivity contribution in [1.29, 1.82) is 0 Å².